The van der Waals surface area contributed by atoms with Gasteiger partial charge in [-0.15, -0.1) is 5.10 Å². The fourth-order valence-electron chi connectivity index (χ4n) is 1.73. The number of tetrazole rings is 1. The molecular weight excluding hydrogens is 262 g/mol. The number of halogens is 1. The van der Waals surface area contributed by atoms with Gasteiger partial charge in [-0.25, -0.2) is 0 Å². The maximum absolute atomic E-state index is 5.89. The van der Waals surface area contributed by atoms with Crippen LogP contribution in [-0.2, 0) is 0 Å². The van der Waals surface area contributed by atoms with E-state index in [0.717, 1.165) is 18.1 Å². The van der Waals surface area contributed by atoms with E-state index in [9.17, 15) is 0 Å². The van der Waals surface area contributed by atoms with Gasteiger partial charge in [0, 0.05) is 5.02 Å². The van der Waals surface area contributed by atoms with E-state index in [2.05, 4.69) is 41.6 Å². The minimum Gasteiger partial charge on any atom is -0.307 e. The van der Waals surface area contributed by atoms with Gasteiger partial charge >= 0.3 is 0 Å². The molecule has 1 unspecified atom stereocenters. The van der Waals surface area contributed by atoms with Crippen molar-refractivity contribution in [1.82, 2.24) is 25.5 Å². The van der Waals surface area contributed by atoms with Crippen LogP contribution in [0.3, 0.4) is 0 Å². The van der Waals surface area contributed by atoms with Crippen molar-refractivity contribution >= 4 is 11.6 Å². The van der Waals surface area contributed by atoms with Crippen molar-refractivity contribution in [2.45, 2.75) is 26.8 Å². The Kier molecular flexibility index (Phi) is 4.50. The predicted molar refractivity (Wildman–Crippen MR) is 75.4 cm³/mol. The van der Waals surface area contributed by atoms with E-state index in [1.165, 1.54) is 0 Å². The fraction of sp³-hybridized carbons (Fsp3) is 0.462. The van der Waals surface area contributed by atoms with Gasteiger partial charge in [-0.1, -0.05) is 25.4 Å². The van der Waals surface area contributed by atoms with Gasteiger partial charge in [-0.05, 0) is 54.1 Å². The van der Waals surface area contributed by atoms with Crippen LogP contribution in [0.25, 0.3) is 5.69 Å². The quantitative estimate of drug-likeness (QED) is 0.914. The van der Waals surface area contributed by atoms with Crippen LogP contribution < -0.4 is 5.32 Å². The van der Waals surface area contributed by atoms with Gasteiger partial charge in [0.15, 0.2) is 5.82 Å². The summed E-state index contributed by atoms with van der Waals surface area (Å²) in [7, 11) is 0. The number of nitrogens with one attached hydrogen (secondary N) is 1. The summed E-state index contributed by atoms with van der Waals surface area (Å²) in [5.41, 5.74) is 0.905. The third kappa shape index (κ3) is 3.52. The highest BCUT2D eigenvalue weighted by Gasteiger charge is 2.15. The summed E-state index contributed by atoms with van der Waals surface area (Å²) >= 11 is 5.89. The Bertz CT molecular complexity index is 520. The Morgan fingerprint density at radius 1 is 1.21 bits per heavy atom. The molecule has 0 saturated carbocycles. The molecule has 1 N–H and O–H groups in total. The van der Waals surface area contributed by atoms with Crippen LogP contribution in [0.4, 0.5) is 0 Å². The van der Waals surface area contributed by atoms with Crippen LogP contribution in [0, 0.1) is 5.92 Å². The maximum Gasteiger partial charge on any atom is 0.173 e. The summed E-state index contributed by atoms with van der Waals surface area (Å²) < 4.78 is 1.73. The average Bonchev–Trinajstić information content (AvgIpc) is 2.86. The molecular formula is C13H18ClN5. The summed E-state index contributed by atoms with van der Waals surface area (Å²) in [4.78, 5) is 0. The van der Waals surface area contributed by atoms with Crippen LogP contribution in [0.15, 0.2) is 24.3 Å². The first-order valence-electron chi connectivity index (χ1n) is 6.35. The zero-order valence-electron chi connectivity index (χ0n) is 11.3. The van der Waals surface area contributed by atoms with Gasteiger partial charge in [0.2, 0.25) is 0 Å². The topological polar surface area (TPSA) is 55.6 Å². The van der Waals surface area contributed by atoms with Crippen LogP contribution >= 0.6 is 11.6 Å². The summed E-state index contributed by atoms with van der Waals surface area (Å²) in [6.45, 7) is 7.32. The van der Waals surface area contributed by atoms with Gasteiger partial charge in [0.25, 0.3) is 0 Å². The molecule has 0 radical (unpaired) electrons. The molecule has 1 aromatic heterocycles. The first-order chi connectivity index (χ1) is 9.08. The number of hydrogen-bond acceptors (Lipinski definition) is 4. The van der Waals surface area contributed by atoms with E-state index in [0.29, 0.717) is 10.9 Å². The lowest BCUT2D eigenvalue weighted by atomic mass is 10.2. The Balaban J connectivity index is 2.19. The number of aromatic nitrogens is 4. The molecule has 2 aromatic rings. The van der Waals surface area contributed by atoms with E-state index in [1.807, 2.05) is 24.3 Å². The summed E-state index contributed by atoms with van der Waals surface area (Å²) in [6, 6.07) is 7.55. The fourth-order valence-corrected chi connectivity index (χ4v) is 1.86. The van der Waals surface area contributed by atoms with Crippen LogP contribution in [-0.4, -0.2) is 26.8 Å². The monoisotopic (exact) mass is 279 g/mol. The lowest BCUT2D eigenvalue weighted by molar-refractivity contribution is 0.475. The molecule has 0 aliphatic heterocycles. The van der Waals surface area contributed by atoms with Gasteiger partial charge in [0.1, 0.15) is 0 Å². The van der Waals surface area contributed by atoms with E-state index in [-0.39, 0.29) is 6.04 Å². The molecule has 2 rings (SSSR count). The molecule has 102 valence electrons. The smallest absolute Gasteiger partial charge is 0.173 e. The van der Waals surface area contributed by atoms with Gasteiger partial charge in [-0.2, -0.15) is 4.68 Å². The average molecular weight is 280 g/mol. The second-order valence-corrected chi connectivity index (χ2v) is 5.39. The van der Waals surface area contributed by atoms with Gasteiger partial charge in [-0.3, -0.25) is 0 Å². The second-order valence-electron chi connectivity index (χ2n) is 4.95. The summed E-state index contributed by atoms with van der Waals surface area (Å²) in [5.74, 6) is 1.38. The zero-order chi connectivity index (χ0) is 13.8. The molecule has 1 heterocycles. The molecule has 1 aromatic carbocycles. The van der Waals surface area contributed by atoms with Crippen molar-refractivity contribution in [2.75, 3.05) is 6.54 Å². The highest BCUT2D eigenvalue weighted by atomic mass is 35.5. The molecule has 6 heteroatoms. The lowest BCUT2D eigenvalue weighted by Crippen LogP contribution is -2.25. The molecule has 1 atom stereocenters. The van der Waals surface area contributed by atoms with Crippen molar-refractivity contribution in [1.29, 1.82) is 0 Å². The molecule has 0 spiro atoms. The molecule has 5 nitrogen and oxygen atoms in total. The van der Waals surface area contributed by atoms with E-state index in [1.54, 1.807) is 4.68 Å². The van der Waals surface area contributed by atoms with Crippen molar-refractivity contribution < 1.29 is 0 Å². The predicted octanol–water partition coefficient (Wildman–Crippen LogP) is 2.62. The molecule has 0 aliphatic carbocycles. The van der Waals surface area contributed by atoms with Crippen LogP contribution in [0.2, 0.25) is 5.02 Å². The maximum atomic E-state index is 5.89. The van der Waals surface area contributed by atoms with Crippen molar-refractivity contribution in [3.63, 3.8) is 0 Å². The minimum atomic E-state index is 0.0908. The first kappa shape index (κ1) is 14.0. The minimum absolute atomic E-state index is 0.0908. The number of hydrogen-bond donors (Lipinski definition) is 1. The van der Waals surface area contributed by atoms with Crippen LogP contribution in [0.1, 0.15) is 32.6 Å². The molecule has 19 heavy (non-hydrogen) atoms. The molecule has 0 amide bonds. The van der Waals surface area contributed by atoms with Crippen molar-refractivity contribution in [2.24, 2.45) is 5.92 Å². The molecule has 0 aliphatic rings. The lowest BCUT2D eigenvalue weighted by Gasteiger charge is -2.15. The number of rotatable bonds is 5. The molecule has 0 bridgehead atoms. The van der Waals surface area contributed by atoms with Crippen LogP contribution in [0.5, 0.6) is 0 Å². The van der Waals surface area contributed by atoms with E-state index < -0.39 is 0 Å². The number of benzene rings is 1. The Morgan fingerprint density at radius 3 is 2.53 bits per heavy atom. The second kappa shape index (κ2) is 6.12. The highest BCUT2D eigenvalue weighted by Crippen LogP contribution is 2.16. The van der Waals surface area contributed by atoms with E-state index in [4.69, 9.17) is 11.6 Å². The van der Waals surface area contributed by atoms with Gasteiger partial charge < -0.3 is 5.32 Å². The van der Waals surface area contributed by atoms with Crippen molar-refractivity contribution in [3.05, 3.63) is 35.1 Å². The molecule has 0 fully saturated rings. The Labute approximate surface area is 118 Å². The zero-order valence-corrected chi connectivity index (χ0v) is 12.1. The van der Waals surface area contributed by atoms with Crippen molar-refractivity contribution in [3.8, 4) is 5.69 Å². The SMILES string of the molecule is CC(C)CNC(C)c1nnnn1-c1ccc(Cl)cc1. The highest BCUT2D eigenvalue weighted by molar-refractivity contribution is 6.30. The third-order valence-corrected chi connectivity index (χ3v) is 3.04. The normalized spacial score (nSPS) is 12.9. The van der Waals surface area contributed by atoms with Gasteiger partial charge in [0.05, 0.1) is 11.7 Å². The summed E-state index contributed by atoms with van der Waals surface area (Å²) in [5, 5.41) is 16.0. The molecule has 0 saturated heterocycles. The largest absolute Gasteiger partial charge is 0.307 e. The Morgan fingerprint density at radius 2 is 1.89 bits per heavy atom. The first-order valence-corrected chi connectivity index (χ1v) is 6.73. The standard InChI is InChI=1S/C13H18ClN5/c1-9(2)8-15-10(3)13-16-17-18-19(13)12-6-4-11(14)5-7-12/h4-7,9-10,15H,8H2,1-3H3. The Hall–Kier alpha value is -1.46. The van der Waals surface area contributed by atoms with E-state index >= 15 is 0 Å². The summed E-state index contributed by atoms with van der Waals surface area (Å²) in [6.07, 6.45) is 0. The third-order valence-electron chi connectivity index (χ3n) is 2.78. The number of nitrogens with zero attached hydrogens (tertiary/aromatic N) is 4.